The minimum atomic E-state index is -0.818. The summed E-state index contributed by atoms with van der Waals surface area (Å²) in [6.07, 6.45) is 0. The van der Waals surface area contributed by atoms with Crippen molar-refractivity contribution >= 4 is 5.97 Å². The lowest BCUT2D eigenvalue weighted by atomic mass is 10.1. The van der Waals surface area contributed by atoms with Crippen LogP contribution in [-0.2, 0) is 11.3 Å². The Hall–Kier alpha value is -1.97. The smallest absolute Gasteiger partial charge is 0.320 e. The normalized spacial score (nSPS) is 18.1. The monoisotopic (exact) mass is 291 g/mol. The van der Waals surface area contributed by atoms with Crippen LogP contribution in [0.25, 0.3) is 0 Å². The van der Waals surface area contributed by atoms with E-state index in [1.807, 2.05) is 11.0 Å². The quantitative estimate of drug-likeness (QED) is 0.905. The zero-order valence-corrected chi connectivity index (χ0v) is 11.9. The molecule has 6 heteroatoms. The van der Waals surface area contributed by atoms with Gasteiger partial charge in [0.2, 0.25) is 0 Å². The lowest BCUT2D eigenvalue weighted by molar-refractivity contribution is -0.143. The lowest BCUT2D eigenvalue weighted by Gasteiger charge is -2.36. The molecular formula is C15H18FN3O2. The molecule has 0 saturated carbocycles. The first-order valence-electron chi connectivity index (χ1n) is 6.89. The first-order chi connectivity index (χ1) is 10.0. The summed E-state index contributed by atoms with van der Waals surface area (Å²) in [5.74, 6) is -1.18. The molecule has 112 valence electrons. The SMILES string of the molecule is CC(C(=O)O)N1CCN(Cc2ccc(C#N)cc2F)CC1. The molecule has 2 rings (SSSR count). The molecular weight excluding hydrogens is 273 g/mol. The Labute approximate surface area is 123 Å². The standard InChI is InChI=1S/C15H18FN3O2/c1-11(15(20)21)19-6-4-18(5-7-19)10-13-3-2-12(9-17)8-14(13)16/h2-3,8,11H,4-7,10H2,1H3,(H,20,21). The van der Waals surface area contributed by atoms with Crippen LogP contribution in [0.4, 0.5) is 4.39 Å². The number of rotatable bonds is 4. The second-order valence-electron chi connectivity index (χ2n) is 5.24. The van der Waals surface area contributed by atoms with E-state index in [0.29, 0.717) is 43.9 Å². The van der Waals surface area contributed by atoms with Gasteiger partial charge in [0, 0.05) is 38.3 Å². The van der Waals surface area contributed by atoms with Crippen molar-refractivity contribution in [2.45, 2.75) is 19.5 Å². The molecule has 1 fully saturated rings. The van der Waals surface area contributed by atoms with Crippen LogP contribution in [0.15, 0.2) is 18.2 Å². The zero-order chi connectivity index (χ0) is 15.4. The largest absolute Gasteiger partial charge is 0.480 e. The summed E-state index contributed by atoms with van der Waals surface area (Å²) in [4.78, 5) is 14.9. The van der Waals surface area contributed by atoms with Crippen molar-refractivity contribution in [1.82, 2.24) is 9.80 Å². The number of carbonyl (C=O) groups is 1. The van der Waals surface area contributed by atoms with Gasteiger partial charge in [-0.2, -0.15) is 5.26 Å². The Morgan fingerprint density at radius 2 is 2.10 bits per heavy atom. The molecule has 0 radical (unpaired) electrons. The topological polar surface area (TPSA) is 67.6 Å². The van der Waals surface area contributed by atoms with Gasteiger partial charge in [0.15, 0.2) is 0 Å². The highest BCUT2D eigenvalue weighted by Gasteiger charge is 2.25. The molecule has 1 heterocycles. The Bertz CT molecular complexity index is 563. The van der Waals surface area contributed by atoms with Gasteiger partial charge in [-0.1, -0.05) is 6.07 Å². The van der Waals surface area contributed by atoms with Crippen molar-refractivity contribution in [3.8, 4) is 6.07 Å². The van der Waals surface area contributed by atoms with Crippen molar-refractivity contribution < 1.29 is 14.3 Å². The van der Waals surface area contributed by atoms with Crippen molar-refractivity contribution in [2.24, 2.45) is 0 Å². The van der Waals surface area contributed by atoms with Gasteiger partial charge in [0.1, 0.15) is 11.9 Å². The van der Waals surface area contributed by atoms with Crippen LogP contribution >= 0.6 is 0 Å². The van der Waals surface area contributed by atoms with Gasteiger partial charge in [0.05, 0.1) is 11.6 Å². The molecule has 1 aromatic rings. The van der Waals surface area contributed by atoms with Gasteiger partial charge in [-0.25, -0.2) is 4.39 Å². The highest BCUT2D eigenvalue weighted by atomic mass is 19.1. The molecule has 0 aromatic heterocycles. The summed E-state index contributed by atoms with van der Waals surface area (Å²) in [5, 5.41) is 17.7. The molecule has 1 atom stereocenters. The fourth-order valence-electron chi connectivity index (χ4n) is 2.45. The molecule has 1 unspecified atom stereocenters. The van der Waals surface area contributed by atoms with Crippen LogP contribution in [0.3, 0.4) is 0 Å². The maximum absolute atomic E-state index is 13.8. The average Bonchev–Trinajstić information content (AvgIpc) is 2.49. The lowest BCUT2D eigenvalue weighted by Crippen LogP contribution is -2.51. The minimum Gasteiger partial charge on any atom is -0.480 e. The van der Waals surface area contributed by atoms with E-state index < -0.39 is 12.0 Å². The molecule has 5 nitrogen and oxygen atoms in total. The highest BCUT2D eigenvalue weighted by molar-refractivity contribution is 5.72. The second kappa shape index (κ2) is 6.66. The van der Waals surface area contributed by atoms with Crippen LogP contribution in [-0.4, -0.2) is 53.1 Å². The second-order valence-corrected chi connectivity index (χ2v) is 5.24. The predicted molar refractivity (Wildman–Crippen MR) is 75.1 cm³/mol. The van der Waals surface area contributed by atoms with Gasteiger partial charge in [-0.05, 0) is 19.1 Å². The summed E-state index contributed by atoms with van der Waals surface area (Å²) in [7, 11) is 0. The van der Waals surface area contributed by atoms with E-state index in [0.717, 1.165) is 0 Å². The third-order valence-corrected chi connectivity index (χ3v) is 3.89. The number of carboxylic acids is 1. The van der Waals surface area contributed by atoms with E-state index in [-0.39, 0.29) is 5.82 Å². The highest BCUT2D eigenvalue weighted by Crippen LogP contribution is 2.15. The Morgan fingerprint density at radius 3 is 2.62 bits per heavy atom. The molecule has 1 saturated heterocycles. The number of hydrogen-bond donors (Lipinski definition) is 1. The van der Waals surface area contributed by atoms with Gasteiger partial charge in [0.25, 0.3) is 0 Å². The predicted octanol–water partition coefficient (Wildman–Crippen LogP) is 1.29. The average molecular weight is 291 g/mol. The maximum atomic E-state index is 13.8. The fraction of sp³-hybridized carbons (Fsp3) is 0.467. The van der Waals surface area contributed by atoms with Crippen molar-refractivity contribution in [3.05, 3.63) is 35.1 Å². The van der Waals surface area contributed by atoms with E-state index in [4.69, 9.17) is 10.4 Å². The van der Waals surface area contributed by atoms with E-state index in [2.05, 4.69) is 4.90 Å². The van der Waals surface area contributed by atoms with Crippen molar-refractivity contribution in [2.75, 3.05) is 26.2 Å². The minimum absolute atomic E-state index is 0.316. The third kappa shape index (κ3) is 3.78. The molecule has 0 spiro atoms. The Balaban J connectivity index is 1.92. The molecule has 0 bridgehead atoms. The molecule has 1 aromatic carbocycles. The Kier molecular flexibility index (Phi) is 4.89. The van der Waals surface area contributed by atoms with Gasteiger partial charge in [-0.3, -0.25) is 14.6 Å². The van der Waals surface area contributed by atoms with E-state index >= 15 is 0 Å². The fourth-order valence-corrected chi connectivity index (χ4v) is 2.45. The summed E-state index contributed by atoms with van der Waals surface area (Å²) in [6.45, 7) is 4.88. The number of benzene rings is 1. The van der Waals surface area contributed by atoms with Gasteiger partial charge >= 0.3 is 5.97 Å². The zero-order valence-electron chi connectivity index (χ0n) is 11.9. The van der Waals surface area contributed by atoms with Crippen molar-refractivity contribution in [3.63, 3.8) is 0 Å². The number of nitrogens with zero attached hydrogens (tertiary/aromatic N) is 3. The summed E-state index contributed by atoms with van der Waals surface area (Å²) in [5.41, 5.74) is 0.880. The van der Waals surface area contributed by atoms with E-state index in [9.17, 15) is 9.18 Å². The number of carboxylic acid groups (broad SMARTS) is 1. The first-order valence-corrected chi connectivity index (χ1v) is 6.89. The summed E-state index contributed by atoms with van der Waals surface area (Å²) >= 11 is 0. The number of halogens is 1. The number of aliphatic carboxylic acids is 1. The van der Waals surface area contributed by atoms with Crippen LogP contribution in [0, 0.1) is 17.1 Å². The number of hydrogen-bond acceptors (Lipinski definition) is 4. The maximum Gasteiger partial charge on any atom is 0.320 e. The summed E-state index contributed by atoms with van der Waals surface area (Å²) in [6, 6.07) is 5.92. The van der Waals surface area contributed by atoms with Gasteiger partial charge < -0.3 is 5.11 Å². The van der Waals surface area contributed by atoms with Crippen LogP contribution in [0.5, 0.6) is 0 Å². The van der Waals surface area contributed by atoms with Crippen LogP contribution in [0.2, 0.25) is 0 Å². The van der Waals surface area contributed by atoms with Gasteiger partial charge in [-0.15, -0.1) is 0 Å². The molecule has 21 heavy (non-hydrogen) atoms. The molecule has 1 aliphatic rings. The van der Waals surface area contributed by atoms with E-state index in [1.165, 1.54) is 6.07 Å². The summed E-state index contributed by atoms with van der Waals surface area (Å²) < 4.78 is 13.8. The number of piperazine rings is 1. The molecule has 0 amide bonds. The molecule has 1 aliphatic heterocycles. The number of nitriles is 1. The molecule has 1 N–H and O–H groups in total. The van der Waals surface area contributed by atoms with Crippen LogP contribution < -0.4 is 0 Å². The third-order valence-electron chi connectivity index (χ3n) is 3.89. The van der Waals surface area contributed by atoms with Crippen molar-refractivity contribution in [1.29, 1.82) is 5.26 Å². The molecule has 0 aliphatic carbocycles. The van der Waals surface area contributed by atoms with E-state index in [1.54, 1.807) is 19.1 Å². The first kappa shape index (κ1) is 15.4. The van der Waals surface area contributed by atoms with Crippen LogP contribution in [0.1, 0.15) is 18.1 Å². The Morgan fingerprint density at radius 1 is 1.43 bits per heavy atom.